The summed E-state index contributed by atoms with van der Waals surface area (Å²) in [5.41, 5.74) is 7.07. The van der Waals surface area contributed by atoms with E-state index in [0.29, 0.717) is 12.3 Å². The second kappa shape index (κ2) is 14.7. The van der Waals surface area contributed by atoms with E-state index in [1.54, 1.807) is 0 Å². The lowest BCUT2D eigenvalue weighted by Gasteiger charge is -2.31. The second-order valence-electron chi connectivity index (χ2n) is 10.3. The molecule has 0 bridgehead atoms. The molecule has 0 radical (unpaired) electrons. The van der Waals surface area contributed by atoms with Gasteiger partial charge in [-0.05, 0) is 48.6 Å². The molecule has 2 fully saturated rings. The first-order chi connectivity index (χ1) is 18.1. The Hall–Kier alpha value is -2.78. The summed E-state index contributed by atoms with van der Waals surface area (Å²) >= 11 is 0. The number of hydrogen-bond donors (Lipinski definition) is 3. The second-order valence-corrected chi connectivity index (χ2v) is 12.2. The molecule has 2 saturated heterocycles. The number of benzene rings is 2. The van der Waals surface area contributed by atoms with Crippen LogP contribution in [0.5, 0.6) is 0 Å². The van der Waals surface area contributed by atoms with E-state index in [2.05, 4.69) is 5.32 Å². The third-order valence-electron chi connectivity index (χ3n) is 6.79. The largest absolute Gasteiger partial charge is 0.443 e. The number of nitrogens with one attached hydrogen (secondary N) is 1. The highest BCUT2D eigenvalue weighted by Gasteiger charge is 2.44. The van der Waals surface area contributed by atoms with Crippen molar-refractivity contribution >= 4 is 21.8 Å². The molecule has 0 spiro atoms. The number of aliphatic hydroxyl groups excluding tert-OH is 1. The van der Waals surface area contributed by atoms with Crippen LogP contribution in [0, 0.1) is 11.8 Å². The standard InChI is InChI=1S/C27H37N3O7S.2H2O/c1-18(2)15-30(38(33,34)21-10-8-20(28)9-11-21)16-24(31)23(14-19-6-4-3-5-7-19)29-27(32)37-25-17-36-26-22(25)12-13-35-26;;/h3-11,18,22-26,31H,12-17,28H2,1-2H3,(H,29,32);2*1H2/t22-,23-,24+,25-,26+;;/m0../s1. The van der Waals surface area contributed by atoms with Crippen molar-refractivity contribution in [1.82, 2.24) is 9.62 Å². The third-order valence-corrected chi connectivity index (χ3v) is 8.63. The zero-order valence-electron chi connectivity index (χ0n) is 22.7. The molecular weight excluding hydrogens is 542 g/mol. The molecule has 0 aliphatic carbocycles. The first-order valence-corrected chi connectivity index (χ1v) is 14.4. The zero-order chi connectivity index (χ0) is 27.3. The van der Waals surface area contributed by atoms with Crippen LogP contribution in [0.4, 0.5) is 10.5 Å². The number of carbonyl (C=O) groups excluding carboxylic acids is 1. The first-order valence-electron chi connectivity index (χ1n) is 12.9. The fraction of sp³-hybridized carbons (Fsp3) is 0.519. The van der Waals surface area contributed by atoms with E-state index in [9.17, 15) is 18.3 Å². The number of rotatable bonds is 11. The monoisotopic (exact) mass is 583 g/mol. The number of amides is 1. The van der Waals surface area contributed by atoms with Crippen LogP contribution >= 0.6 is 0 Å². The van der Waals surface area contributed by atoms with E-state index >= 15 is 0 Å². The molecule has 4 rings (SSSR count). The van der Waals surface area contributed by atoms with E-state index in [1.807, 2.05) is 44.2 Å². The van der Waals surface area contributed by atoms with E-state index in [4.69, 9.17) is 19.9 Å². The van der Waals surface area contributed by atoms with Gasteiger partial charge in [0.05, 0.1) is 36.2 Å². The van der Waals surface area contributed by atoms with Crippen molar-refractivity contribution in [1.29, 1.82) is 0 Å². The van der Waals surface area contributed by atoms with Crippen LogP contribution in [0.25, 0.3) is 0 Å². The summed E-state index contributed by atoms with van der Waals surface area (Å²) in [5.74, 6) is -0.0231. The number of alkyl carbamates (subject to hydrolysis) is 1. The number of anilines is 1. The highest BCUT2D eigenvalue weighted by Crippen LogP contribution is 2.33. The van der Waals surface area contributed by atoms with Gasteiger partial charge in [0, 0.05) is 18.8 Å². The summed E-state index contributed by atoms with van der Waals surface area (Å²) in [4.78, 5) is 13.0. The van der Waals surface area contributed by atoms with Crippen LogP contribution in [0.2, 0.25) is 0 Å². The number of fused-ring (bicyclic) bond motifs is 1. The van der Waals surface area contributed by atoms with Gasteiger partial charge in [0.2, 0.25) is 10.0 Å². The lowest BCUT2D eigenvalue weighted by molar-refractivity contribution is -0.0907. The van der Waals surface area contributed by atoms with Crippen LogP contribution < -0.4 is 11.1 Å². The van der Waals surface area contributed by atoms with Crippen molar-refractivity contribution in [2.45, 2.75) is 56.1 Å². The Morgan fingerprint density at radius 3 is 2.42 bits per heavy atom. The van der Waals surface area contributed by atoms with Crippen LogP contribution in [0.15, 0.2) is 59.5 Å². The Labute approximate surface area is 235 Å². The zero-order valence-corrected chi connectivity index (χ0v) is 23.5. The van der Waals surface area contributed by atoms with Gasteiger partial charge in [-0.1, -0.05) is 44.2 Å². The number of ether oxygens (including phenoxy) is 3. The molecular formula is C27H41N3O9S. The predicted octanol–water partition coefficient (Wildman–Crippen LogP) is 0.726. The van der Waals surface area contributed by atoms with Gasteiger partial charge < -0.3 is 41.3 Å². The number of aliphatic hydroxyl groups is 1. The van der Waals surface area contributed by atoms with Crippen molar-refractivity contribution < 1.29 is 43.5 Å². The first kappa shape index (κ1) is 33.4. The van der Waals surface area contributed by atoms with Crippen molar-refractivity contribution in [2.75, 3.05) is 32.0 Å². The molecule has 1 amide bonds. The van der Waals surface area contributed by atoms with Gasteiger partial charge in [-0.3, -0.25) is 0 Å². The topological polar surface area (TPSA) is 203 Å². The van der Waals surface area contributed by atoms with Crippen LogP contribution in [-0.2, 0) is 30.7 Å². The van der Waals surface area contributed by atoms with E-state index < -0.39 is 34.4 Å². The molecule has 0 aromatic heterocycles. The van der Waals surface area contributed by atoms with Crippen molar-refractivity contribution in [3.8, 4) is 0 Å². The SMILES string of the molecule is CC(C)CN(C[C@@H](O)[C@H](Cc1ccccc1)NC(=O)O[C@H]1CO[C@H]2OCC[C@H]21)S(=O)(=O)c1ccc(N)cc1.O.O. The lowest BCUT2D eigenvalue weighted by Crippen LogP contribution is -2.51. The minimum absolute atomic E-state index is 0. The lowest BCUT2D eigenvalue weighted by atomic mass is 10.0. The average molecular weight is 584 g/mol. The summed E-state index contributed by atoms with van der Waals surface area (Å²) in [6.45, 7) is 4.58. The smallest absolute Gasteiger partial charge is 0.407 e. The predicted molar refractivity (Wildman–Crippen MR) is 149 cm³/mol. The summed E-state index contributed by atoms with van der Waals surface area (Å²) in [5, 5.41) is 14.1. The highest BCUT2D eigenvalue weighted by atomic mass is 32.2. The molecule has 2 aromatic rings. The van der Waals surface area contributed by atoms with Gasteiger partial charge >= 0.3 is 6.09 Å². The summed E-state index contributed by atoms with van der Waals surface area (Å²) in [6.07, 6.45) is -1.69. The molecule has 2 aromatic carbocycles. The summed E-state index contributed by atoms with van der Waals surface area (Å²) in [7, 11) is -3.93. The molecule has 0 saturated carbocycles. The minimum Gasteiger partial charge on any atom is -0.443 e. The number of nitrogen functional groups attached to an aromatic ring is 1. The summed E-state index contributed by atoms with van der Waals surface area (Å²) < 4.78 is 44.9. The molecule has 2 aliphatic rings. The highest BCUT2D eigenvalue weighted by molar-refractivity contribution is 7.89. The molecule has 224 valence electrons. The fourth-order valence-electron chi connectivity index (χ4n) is 4.82. The third kappa shape index (κ3) is 8.36. The average Bonchev–Trinajstić information content (AvgIpc) is 3.49. The molecule has 5 atom stereocenters. The Morgan fingerprint density at radius 2 is 1.77 bits per heavy atom. The van der Waals surface area contributed by atoms with E-state index in [1.165, 1.54) is 28.6 Å². The summed E-state index contributed by atoms with van der Waals surface area (Å²) in [6, 6.07) is 14.5. The number of sulfonamides is 1. The number of hydrogen-bond acceptors (Lipinski definition) is 8. The minimum atomic E-state index is -3.93. The van der Waals surface area contributed by atoms with Gasteiger partial charge in [-0.25, -0.2) is 13.2 Å². The normalized spacial score (nSPS) is 21.7. The fourth-order valence-corrected chi connectivity index (χ4v) is 6.45. The maximum absolute atomic E-state index is 13.5. The number of nitrogens with zero attached hydrogens (tertiary/aromatic N) is 1. The van der Waals surface area contributed by atoms with E-state index in [-0.39, 0.29) is 60.1 Å². The van der Waals surface area contributed by atoms with Crippen molar-refractivity contribution in [3.05, 3.63) is 60.2 Å². The van der Waals surface area contributed by atoms with Gasteiger partial charge in [-0.2, -0.15) is 4.31 Å². The molecule has 0 unspecified atom stereocenters. The van der Waals surface area contributed by atoms with Crippen molar-refractivity contribution in [3.63, 3.8) is 0 Å². The van der Waals surface area contributed by atoms with Crippen LogP contribution in [-0.4, -0.2) is 85.7 Å². The van der Waals surface area contributed by atoms with Crippen LogP contribution in [0.1, 0.15) is 25.8 Å². The maximum Gasteiger partial charge on any atom is 0.407 e. The molecule has 8 N–H and O–H groups in total. The van der Waals surface area contributed by atoms with Gasteiger partial charge in [0.15, 0.2) is 6.29 Å². The molecule has 13 heteroatoms. The Morgan fingerprint density at radius 1 is 1.10 bits per heavy atom. The van der Waals surface area contributed by atoms with E-state index in [0.717, 1.165) is 12.0 Å². The molecule has 2 heterocycles. The number of nitrogens with two attached hydrogens (primary N) is 1. The Balaban J connectivity index is 0.00000280. The molecule has 2 aliphatic heterocycles. The maximum atomic E-state index is 13.5. The molecule has 12 nitrogen and oxygen atoms in total. The van der Waals surface area contributed by atoms with Gasteiger partial charge in [0.1, 0.15) is 6.10 Å². The van der Waals surface area contributed by atoms with Crippen LogP contribution in [0.3, 0.4) is 0 Å². The quantitative estimate of drug-likeness (QED) is 0.321. The number of carbonyl (C=O) groups is 1. The molecule has 40 heavy (non-hydrogen) atoms. The van der Waals surface area contributed by atoms with Gasteiger partial charge in [-0.15, -0.1) is 0 Å². The Kier molecular flexibility index (Phi) is 12.3. The van der Waals surface area contributed by atoms with Gasteiger partial charge in [0.25, 0.3) is 0 Å². The Bertz CT molecular complexity index is 1170. The van der Waals surface area contributed by atoms with Crippen molar-refractivity contribution in [2.24, 2.45) is 11.8 Å².